The zero-order chi connectivity index (χ0) is 17.2. The molecular formula is C17H21N3O3S. The van der Waals surface area contributed by atoms with Crippen LogP contribution in [-0.2, 0) is 28.3 Å². The van der Waals surface area contributed by atoms with Gasteiger partial charge in [0.15, 0.2) is 0 Å². The van der Waals surface area contributed by atoms with Gasteiger partial charge in [0.2, 0.25) is 15.9 Å². The summed E-state index contributed by atoms with van der Waals surface area (Å²) in [7, 11) is -1.61. The Morgan fingerprint density at radius 2 is 1.92 bits per heavy atom. The first-order valence-electron chi connectivity index (χ1n) is 7.97. The number of nitrogens with one attached hydrogen (secondary N) is 1. The lowest BCUT2D eigenvalue weighted by Crippen LogP contribution is -2.26. The number of rotatable bonds is 6. The summed E-state index contributed by atoms with van der Waals surface area (Å²) in [5, 5.41) is 0. The van der Waals surface area contributed by atoms with Crippen molar-refractivity contribution in [2.75, 3.05) is 18.0 Å². The number of hydrogen-bond donors (Lipinski definition) is 1. The third kappa shape index (κ3) is 3.68. The monoisotopic (exact) mass is 347 g/mol. The average Bonchev–Trinajstić information content (AvgIpc) is 3.16. The Bertz CT molecular complexity index is 825. The van der Waals surface area contributed by atoms with E-state index in [2.05, 4.69) is 4.72 Å². The molecule has 6 nitrogen and oxygen atoms in total. The minimum atomic E-state index is -3.54. The van der Waals surface area contributed by atoms with E-state index in [0.29, 0.717) is 25.9 Å². The van der Waals surface area contributed by atoms with E-state index < -0.39 is 10.0 Å². The molecule has 1 saturated heterocycles. The molecule has 0 atom stereocenters. The SMILES string of the molecule is Cn1ccc(CCNS(=O)(=O)c2ccc(N3CCCC3=O)cc2)c1. The summed E-state index contributed by atoms with van der Waals surface area (Å²) in [5.74, 6) is 0.0894. The van der Waals surface area contributed by atoms with Gasteiger partial charge >= 0.3 is 0 Å². The van der Waals surface area contributed by atoms with Crippen molar-refractivity contribution in [3.8, 4) is 0 Å². The van der Waals surface area contributed by atoms with Crippen molar-refractivity contribution in [2.24, 2.45) is 7.05 Å². The molecule has 1 N–H and O–H groups in total. The Balaban J connectivity index is 1.62. The number of benzene rings is 1. The zero-order valence-electron chi connectivity index (χ0n) is 13.6. The van der Waals surface area contributed by atoms with Crippen LogP contribution < -0.4 is 9.62 Å². The van der Waals surface area contributed by atoms with Gasteiger partial charge in [-0.2, -0.15) is 0 Å². The smallest absolute Gasteiger partial charge is 0.240 e. The number of aryl methyl sites for hydroxylation is 1. The highest BCUT2D eigenvalue weighted by molar-refractivity contribution is 7.89. The molecule has 1 aromatic heterocycles. The second-order valence-electron chi connectivity index (χ2n) is 5.98. The standard InChI is InChI=1S/C17H21N3O3S/c1-19-12-9-14(13-19)8-10-18-24(22,23)16-6-4-15(5-7-16)20-11-2-3-17(20)21/h4-7,9,12-13,18H,2-3,8,10-11H2,1H3. The highest BCUT2D eigenvalue weighted by Crippen LogP contribution is 2.22. The molecule has 0 saturated carbocycles. The van der Waals surface area contributed by atoms with Crippen LogP contribution in [0.2, 0.25) is 0 Å². The van der Waals surface area contributed by atoms with Crippen LogP contribution in [0.3, 0.4) is 0 Å². The van der Waals surface area contributed by atoms with Gasteiger partial charge in [-0.25, -0.2) is 13.1 Å². The van der Waals surface area contributed by atoms with Crippen LogP contribution in [-0.4, -0.2) is 32.0 Å². The van der Waals surface area contributed by atoms with Crippen LogP contribution in [0.25, 0.3) is 0 Å². The van der Waals surface area contributed by atoms with E-state index in [9.17, 15) is 13.2 Å². The number of amides is 1. The lowest BCUT2D eigenvalue weighted by Gasteiger charge is -2.16. The molecule has 2 aromatic rings. The summed E-state index contributed by atoms with van der Waals surface area (Å²) in [6.07, 6.45) is 5.94. The van der Waals surface area contributed by atoms with Crippen molar-refractivity contribution in [3.63, 3.8) is 0 Å². The quantitative estimate of drug-likeness (QED) is 0.864. The van der Waals surface area contributed by atoms with E-state index >= 15 is 0 Å². The number of nitrogens with zero attached hydrogens (tertiary/aromatic N) is 2. The van der Waals surface area contributed by atoms with Crippen LogP contribution in [0.4, 0.5) is 5.69 Å². The Hall–Kier alpha value is -2.12. The molecule has 1 aromatic carbocycles. The Morgan fingerprint density at radius 3 is 2.50 bits per heavy atom. The molecule has 0 bridgehead atoms. The number of hydrogen-bond acceptors (Lipinski definition) is 3. The molecule has 7 heteroatoms. The van der Waals surface area contributed by atoms with Crippen molar-refractivity contribution < 1.29 is 13.2 Å². The topological polar surface area (TPSA) is 71.4 Å². The third-order valence-electron chi connectivity index (χ3n) is 4.13. The molecule has 2 heterocycles. The van der Waals surface area contributed by atoms with Gasteiger partial charge in [-0.05, 0) is 48.7 Å². The molecular weight excluding hydrogens is 326 g/mol. The fourth-order valence-electron chi connectivity index (χ4n) is 2.85. The maximum Gasteiger partial charge on any atom is 0.240 e. The summed E-state index contributed by atoms with van der Waals surface area (Å²) in [6, 6.07) is 8.44. The van der Waals surface area contributed by atoms with Gasteiger partial charge < -0.3 is 9.47 Å². The predicted molar refractivity (Wildman–Crippen MR) is 92.3 cm³/mol. The molecule has 1 fully saturated rings. The second-order valence-corrected chi connectivity index (χ2v) is 7.74. The summed E-state index contributed by atoms with van der Waals surface area (Å²) in [4.78, 5) is 13.6. The van der Waals surface area contributed by atoms with Gasteiger partial charge in [-0.1, -0.05) is 0 Å². The maximum atomic E-state index is 12.3. The molecule has 1 aliphatic rings. The molecule has 24 heavy (non-hydrogen) atoms. The van der Waals surface area contributed by atoms with Gasteiger partial charge in [-0.3, -0.25) is 4.79 Å². The Kier molecular flexibility index (Phi) is 4.73. The summed E-state index contributed by atoms with van der Waals surface area (Å²) in [6.45, 7) is 1.04. The number of aromatic nitrogens is 1. The second kappa shape index (κ2) is 6.78. The first-order chi connectivity index (χ1) is 11.5. The average molecular weight is 347 g/mol. The molecule has 1 aliphatic heterocycles. The van der Waals surface area contributed by atoms with Crippen LogP contribution in [0.5, 0.6) is 0 Å². The van der Waals surface area contributed by atoms with Gasteiger partial charge in [0.1, 0.15) is 0 Å². The Morgan fingerprint density at radius 1 is 1.17 bits per heavy atom. The molecule has 128 valence electrons. The van der Waals surface area contributed by atoms with Crippen molar-refractivity contribution in [3.05, 3.63) is 48.3 Å². The Labute approximate surface area is 142 Å². The van der Waals surface area contributed by atoms with Crippen LogP contribution >= 0.6 is 0 Å². The van der Waals surface area contributed by atoms with Crippen molar-refractivity contribution in [1.29, 1.82) is 0 Å². The van der Waals surface area contributed by atoms with Crippen LogP contribution in [0.1, 0.15) is 18.4 Å². The first kappa shape index (κ1) is 16.7. The first-order valence-corrected chi connectivity index (χ1v) is 9.45. The molecule has 0 radical (unpaired) electrons. The van der Waals surface area contributed by atoms with E-state index in [-0.39, 0.29) is 10.8 Å². The lowest BCUT2D eigenvalue weighted by molar-refractivity contribution is -0.117. The zero-order valence-corrected chi connectivity index (χ0v) is 14.4. The normalized spacial score (nSPS) is 15.2. The van der Waals surface area contributed by atoms with E-state index in [4.69, 9.17) is 0 Å². The summed E-state index contributed by atoms with van der Waals surface area (Å²) in [5.41, 5.74) is 1.84. The molecule has 0 aliphatic carbocycles. The van der Waals surface area contributed by atoms with Crippen molar-refractivity contribution in [1.82, 2.24) is 9.29 Å². The fourth-order valence-corrected chi connectivity index (χ4v) is 3.88. The molecule has 0 spiro atoms. The van der Waals surface area contributed by atoms with Crippen molar-refractivity contribution >= 4 is 21.6 Å². The van der Waals surface area contributed by atoms with Crippen LogP contribution in [0.15, 0.2) is 47.6 Å². The summed E-state index contributed by atoms with van der Waals surface area (Å²) < 4.78 is 29.2. The number of carbonyl (C=O) groups excluding carboxylic acids is 1. The third-order valence-corrected chi connectivity index (χ3v) is 5.61. The highest BCUT2D eigenvalue weighted by Gasteiger charge is 2.22. The maximum absolute atomic E-state index is 12.3. The largest absolute Gasteiger partial charge is 0.357 e. The van der Waals surface area contributed by atoms with Crippen LogP contribution in [0, 0.1) is 0 Å². The van der Waals surface area contributed by atoms with Gasteiger partial charge in [-0.15, -0.1) is 0 Å². The van der Waals surface area contributed by atoms with Gasteiger partial charge in [0.05, 0.1) is 4.90 Å². The number of carbonyl (C=O) groups is 1. The van der Waals surface area contributed by atoms with Crippen molar-refractivity contribution in [2.45, 2.75) is 24.2 Å². The fraction of sp³-hybridized carbons (Fsp3) is 0.353. The molecule has 1 amide bonds. The van der Waals surface area contributed by atoms with Gasteiger partial charge in [0.25, 0.3) is 0 Å². The minimum Gasteiger partial charge on any atom is -0.357 e. The predicted octanol–water partition coefficient (Wildman–Crippen LogP) is 1.67. The van der Waals surface area contributed by atoms with E-state index in [1.165, 1.54) is 0 Å². The van der Waals surface area contributed by atoms with Gasteiger partial charge in [0, 0.05) is 44.6 Å². The summed E-state index contributed by atoms with van der Waals surface area (Å²) >= 11 is 0. The highest BCUT2D eigenvalue weighted by atomic mass is 32.2. The van der Waals surface area contributed by atoms with E-state index in [1.54, 1.807) is 29.2 Å². The molecule has 0 unspecified atom stereocenters. The number of sulfonamides is 1. The molecule has 3 rings (SSSR count). The van der Waals surface area contributed by atoms with E-state index in [1.807, 2.05) is 30.1 Å². The van der Waals surface area contributed by atoms with E-state index in [0.717, 1.165) is 17.7 Å². The lowest BCUT2D eigenvalue weighted by atomic mass is 10.2. The minimum absolute atomic E-state index is 0.0894. The number of anilines is 1.